The lowest BCUT2D eigenvalue weighted by Gasteiger charge is -2.25. The molecule has 0 atom stereocenters. The molecule has 0 radical (unpaired) electrons. The van der Waals surface area contributed by atoms with Crippen LogP contribution in [0.3, 0.4) is 0 Å². The predicted octanol–water partition coefficient (Wildman–Crippen LogP) is 4.58. The maximum absolute atomic E-state index is 4.69. The van der Waals surface area contributed by atoms with Crippen LogP contribution >= 0.6 is 11.8 Å². The summed E-state index contributed by atoms with van der Waals surface area (Å²) < 4.78 is 0.209. The molecular weight excluding hydrogens is 214 g/mol. The van der Waals surface area contributed by atoms with E-state index >= 15 is 0 Å². The summed E-state index contributed by atoms with van der Waals surface area (Å²) in [6.45, 7) is 15.5. The molecule has 2 heteroatoms. The molecule has 1 aromatic rings. The van der Waals surface area contributed by atoms with Gasteiger partial charge in [0.2, 0.25) is 0 Å². The normalized spacial score (nSPS) is 12.9. The third-order valence-corrected chi connectivity index (χ3v) is 3.33. The Labute approximate surface area is 104 Å². The van der Waals surface area contributed by atoms with Crippen molar-refractivity contribution in [3.05, 3.63) is 23.4 Å². The van der Waals surface area contributed by atoms with Crippen molar-refractivity contribution in [3.8, 4) is 0 Å². The Morgan fingerprint density at radius 2 is 1.56 bits per heavy atom. The molecular formula is C14H23NS. The smallest absolute Gasteiger partial charge is 0.101 e. The highest BCUT2D eigenvalue weighted by Crippen LogP contribution is 2.37. The van der Waals surface area contributed by atoms with Gasteiger partial charge in [-0.25, -0.2) is 4.98 Å². The quantitative estimate of drug-likeness (QED) is 0.663. The number of hydrogen-bond acceptors (Lipinski definition) is 2. The molecule has 0 bridgehead atoms. The molecule has 1 aromatic heterocycles. The molecule has 90 valence electrons. The summed E-state index contributed by atoms with van der Waals surface area (Å²) >= 11 is 1.86. The number of aryl methyl sites for hydroxylation is 1. The lowest BCUT2D eigenvalue weighted by molar-refractivity contribution is 0.569. The lowest BCUT2D eigenvalue weighted by atomic mass is 9.88. The second kappa shape index (κ2) is 4.40. The summed E-state index contributed by atoms with van der Waals surface area (Å²) in [5.41, 5.74) is 2.60. The van der Waals surface area contributed by atoms with Gasteiger partial charge in [0.15, 0.2) is 0 Å². The monoisotopic (exact) mass is 237 g/mol. The van der Waals surface area contributed by atoms with Crippen molar-refractivity contribution in [2.45, 2.75) is 63.7 Å². The predicted molar refractivity (Wildman–Crippen MR) is 73.3 cm³/mol. The van der Waals surface area contributed by atoms with E-state index in [1.54, 1.807) is 0 Å². The van der Waals surface area contributed by atoms with E-state index in [1.807, 2.05) is 11.8 Å². The van der Waals surface area contributed by atoms with Crippen molar-refractivity contribution < 1.29 is 0 Å². The molecule has 1 heterocycles. The van der Waals surface area contributed by atoms with Crippen molar-refractivity contribution in [3.63, 3.8) is 0 Å². The van der Waals surface area contributed by atoms with Crippen LogP contribution in [0.4, 0.5) is 0 Å². The molecule has 1 nitrogen and oxygen atoms in total. The molecule has 16 heavy (non-hydrogen) atoms. The van der Waals surface area contributed by atoms with E-state index < -0.39 is 0 Å². The van der Waals surface area contributed by atoms with Crippen molar-refractivity contribution in [2.75, 3.05) is 0 Å². The van der Waals surface area contributed by atoms with Crippen LogP contribution in [0.2, 0.25) is 0 Å². The van der Waals surface area contributed by atoms with Crippen LogP contribution < -0.4 is 0 Å². The fourth-order valence-electron chi connectivity index (χ4n) is 1.47. The Hall–Kier alpha value is -0.500. The van der Waals surface area contributed by atoms with Gasteiger partial charge in [-0.05, 0) is 24.0 Å². The Morgan fingerprint density at radius 3 is 2.00 bits per heavy atom. The van der Waals surface area contributed by atoms with Crippen molar-refractivity contribution in [1.82, 2.24) is 4.98 Å². The van der Waals surface area contributed by atoms with Crippen LogP contribution in [-0.2, 0) is 5.41 Å². The van der Waals surface area contributed by atoms with Crippen molar-refractivity contribution in [1.29, 1.82) is 0 Å². The molecule has 0 N–H and O–H groups in total. The summed E-state index contributed by atoms with van der Waals surface area (Å²) in [5.74, 6) is 0. The van der Waals surface area contributed by atoms with E-state index in [1.165, 1.54) is 10.6 Å². The van der Waals surface area contributed by atoms with Gasteiger partial charge in [0, 0.05) is 10.4 Å². The molecule has 0 aromatic carbocycles. The zero-order valence-electron chi connectivity index (χ0n) is 11.5. The van der Waals surface area contributed by atoms with E-state index in [2.05, 4.69) is 65.6 Å². The zero-order chi connectivity index (χ0) is 12.6. The summed E-state index contributed by atoms with van der Waals surface area (Å²) in [7, 11) is 0. The molecule has 0 amide bonds. The molecule has 1 rings (SSSR count). The molecule has 0 saturated heterocycles. The molecule has 0 spiro atoms. The first-order valence-electron chi connectivity index (χ1n) is 5.77. The summed E-state index contributed by atoms with van der Waals surface area (Å²) in [6.07, 6.45) is 0. The van der Waals surface area contributed by atoms with Gasteiger partial charge in [-0.2, -0.15) is 0 Å². The van der Waals surface area contributed by atoms with Crippen LogP contribution in [-0.4, -0.2) is 9.73 Å². The van der Waals surface area contributed by atoms with E-state index in [0.717, 1.165) is 5.69 Å². The molecule has 0 unspecified atom stereocenters. The standard InChI is InChI=1S/C14H23NS/c1-10-8-9-11(13(2,3)4)12(15-10)16-14(5,6)7/h8-9H,1-7H3. The number of rotatable bonds is 1. The minimum Gasteiger partial charge on any atom is -0.247 e. The number of nitrogens with zero attached hydrogens (tertiary/aromatic N) is 1. The molecule has 0 aliphatic rings. The van der Waals surface area contributed by atoms with Crippen LogP contribution in [0.5, 0.6) is 0 Å². The third kappa shape index (κ3) is 3.82. The maximum atomic E-state index is 4.69. The second-order valence-corrected chi connectivity index (χ2v) is 8.09. The number of aromatic nitrogens is 1. The minimum atomic E-state index is 0.161. The van der Waals surface area contributed by atoms with Crippen LogP contribution in [0.1, 0.15) is 52.8 Å². The Balaban J connectivity index is 3.19. The highest BCUT2D eigenvalue weighted by molar-refractivity contribution is 8.00. The first-order valence-corrected chi connectivity index (χ1v) is 6.58. The molecule has 0 fully saturated rings. The maximum Gasteiger partial charge on any atom is 0.101 e. The van der Waals surface area contributed by atoms with Gasteiger partial charge < -0.3 is 0 Å². The van der Waals surface area contributed by atoms with Crippen LogP contribution in [0.25, 0.3) is 0 Å². The number of thioether (sulfide) groups is 1. The Bertz CT molecular complexity index is 369. The lowest BCUT2D eigenvalue weighted by Crippen LogP contribution is -2.16. The van der Waals surface area contributed by atoms with Gasteiger partial charge >= 0.3 is 0 Å². The van der Waals surface area contributed by atoms with Gasteiger partial charge in [0.1, 0.15) is 5.03 Å². The van der Waals surface area contributed by atoms with Crippen molar-refractivity contribution >= 4 is 11.8 Å². The highest BCUT2D eigenvalue weighted by Gasteiger charge is 2.23. The first kappa shape index (κ1) is 13.6. The van der Waals surface area contributed by atoms with Gasteiger partial charge in [-0.1, -0.05) is 47.6 Å². The van der Waals surface area contributed by atoms with Crippen LogP contribution in [0.15, 0.2) is 17.2 Å². The average molecular weight is 237 g/mol. The largest absolute Gasteiger partial charge is 0.247 e. The first-order chi connectivity index (χ1) is 7.09. The summed E-state index contributed by atoms with van der Waals surface area (Å²) in [4.78, 5) is 4.69. The fraction of sp³-hybridized carbons (Fsp3) is 0.643. The molecule has 0 aliphatic heterocycles. The van der Waals surface area contributed by atoms with Gasteiger partial charge in [0.25, 0.3) is 0 Å². The van der Waals surface area contributed by atoms with Crippen molar-refractivity contribution in [2.24, 2.45) is 0 Å². The zero-order valence-corrected chi connectivity index (χ0v) is 12.3. The van der Waals surface area contributed by atoms with Crippen LogP contribution in [0, 0.1) is 6.92 Å². The molecule has 0 saturated carbocycles. The summed E-state index contributed by atoms with van der Waals surface area (Å²) in [6, 6.07) is 4.32. The topological polar surface area (TPSA) is 12.9 Å². The van der Waals surface area contributed by atoms with Gasteiger partial charge in [0.05, 0.1) is 0 Å². The van der Waals surface area contributed by atoms with Gasteiger partial charge in [-0.3, -0.25) is 0 Å². The third-order valence-electron chi connectivity index (χ3n) is 2.21. The van der Waals surface area contributed by atoms with Gasteiger partial charge in [-0.15, -0.1) is 11.8 Å². The SMILES string of the molecule is Cc1ccc(C(C)(C)C)c(SC(C)(C)C)n1. The van der Waals surface area contributed by atoms with E-state index in [-0.39, 0.29) is 10.2 Å². The fourth-order valence-corrected chi connectivity index (χ4v) is 2.73. The van der Waals surface area contributed by atoms with E-state index in [4.69, 9.17) is 0 Å². The van der Waals surface area contributed by atoms with E-state index in [9.17, 15) is 0 Å². The number of hydrogen-bond donors (Lipinski definition) is 0. The highest BCUT2D eigenvalue weighted by atomic mass is 32.2. The molecule has 0 aliphatic carbocycles. The summed E-state index contributed by atoms with van der Waals surface area (Å²) in [5, 5.41) is 1.18. The number of pyridine rings is 1. The Morgan fingerprint density at radius 1 is 1.00 bits per heavy atom. The average Bonchev–Trinajstić information content (AvgIpc) is 1.97. The minimum absolute atomic E-state index is 0.161. The van der Waals surface area contributed by atoms with E-state index in [0.29, 0.717) is 0 Å². The second-order valence-electron chi connectivity index (χ2n) is 6.27. The Kier molecular flexibility index (Phi) is 3.73.